The molecule has 2 rings (SSSR count). The maximum atomic E-state index is 12.6. The van der Waals surface area contributed by atoms with E-state index >= 15 is 0 Å². The number of nitrogens with zero attached hydrogens (tertiary/aromatic N) is 1. The second-order valence-corrected chi connectivity index (χ2v) is 5.91. The van der Waals surface area contributed by atoms with Crippen LogP contribution >= 0.6 is 12.4 Å². The largest absolute Gasteiger partial charge is 0.370 e. The van der Waals surface area contributed by atoms with Crippen molar-refractivity contribution in [2.45, 2.75) is 32.2 Å². The number of halogens is 1. The number of piperidine rings is 1. The van der Waals surface area contributed by atoms with Crippen LogP contribution in [0, 0.1) is 5.92 Å². The normalized spacial score (nSPS) is 14.8. The number of hydrogen-bond acceptors (Lipinski definition) is 3. The van der Waals surface area contributed by atoms with Crippen LogP contribution in [0.4, 0.5) is 0 Å². The van der Waals surface area contributed by atoms with Gasteiger partial charge in [0.1, 0.15) is 0 Å². The van der Waals surface area contributed by atoms with Crippen LogP contribution in [0.2, 0.25) is 0 Å². The number of benzene rings is 1. The van der Waals surface area contributed by atoms with Gasteiger partial charge < -0.3 is 16.0 Å². The molecule has 0 spiro atoms. The predicted octanol–water partition coefficient (Wildman–Crippen LogP) is 1.70. The first-order valence-electron chi connectivity index (χ1n) is 7.96. The molecule has 2 amide bonds. The lowest BCUT2D eigenvalue weighted by Gasteiger charge is -2.27. The van der Waals surface area contributed by atoms with Gasteiger partial charge in [-0.3, -0.25) is 9.59 Å². The molecule has 128 valence electrons. The van der Waals surface area contributed by atoms with E-state index in [0.29, 0.717) is 25.4 Å². The van der Waals surface area contributed by atoms with Crippen LogP contribution in [-0.2, 0) is 16.1 Å². The molecule has 0 aliphatic carbocycles. The monoisotopic (exact) mass is 339 g/mol. The van der Waals surface area contributed by atoms with Gasteiger partial charge in [0.2, 0.25) is 11.8 Å². The van der Waals surface area contributed by atoms with E-state index < -0.39 is 0 Å². The highest BCUT2D eigenvalue weighted by Gasteiger charge is 2.21. The smallest absolute Gasteiger partial charge is 0.223 e. The number of carbonyl (C=O) groups excluding carboxylic acids is 2. The van der Waals surface area contributed by atoms with Gasteiger partial charge in [0.05, 0.1) is 0 Å². The van der Waals surface area contributed by atoms with E-state index in [1.807, 2.05) is 30.3 Å². The van der Waals surface area contributed by atoms with Crippen molar-refractivity contribution < 1.29 is 9.59 Å². The SMILES string of the molecule is Cl.NC(=O)CCN(Cc1ccccc1)C(=O)CC1CCNCC1. The van der Waals surface area contributed by atoms with Crippen molar-refractivity contribution in [2.75, 3.05) is 19.6 Å². The Hall–Kier alpha value is -1.59. The van der Waals surface area contributed by atoms with Gasteiger partial charge in [0.25, 0.3) is 0 Å². The van der Waals surface area contributed by atoms with Crippen LogP contribution in [0.5, 0.6) is 0 Å². The van der Waals surface area contributed by atoms with Crippen molar-refractivity contribution in [2.24, 2.45) is 11.7 Å². The second-order valence-electron chi connectivity index (χ2n) is 5.91. The zero-order valence-electron chi connectivity index (χ0n) is 13.4. The van der Waals surface area contributed by atoms with Crippen LogP contribution in [-0.4, -0.2) is 36.3 Å². The summed E-state index contributed by atoms with van der Waals surface area (Å²) < 4.78 is 0. The van der Waals surface area contributed by atoms with Crippen LogP contribution in [0.25, 0.3) is 0 Å². The van der Waals surface area contributed by atoms with Crippen molar-refractivity contribution in [1.29, 1.82) is 0 Å². The fraction of sp³-hybridized carbons (Fsp3) is 0.529. The predicted molar refractivity (Wildman–Crippen MR) is 93.1 cm³/mol. The fourth-order valence-corrected chi connectivity index (χ4v) is 2.80. The van der Waals surface area contributed by atoms with Gasteiger partial charge in [-0.1, -0.05) is 30.3 Å². The summed E-state index contributed by atoms with van der Waals surface area (Å²) in [4.78, 5) is 25.4. The molecule has 1 aromatic rings. The summed E-state index contributed by atoms with van der Waals surface area (Å²) in [7, 11) is 0. The van der Waals surface area contributed by atoms with E-state index in [4.69, 9.17) is 5.73 Å². The third-order valence-corrected chi connectivity index (χ3v) is 4.12. The van der Waals surface area contributed by atoms with Crippen molar-refractivity contribution in [3.05, 3.63) is 35.9 Å². The lowest BCUT2D eigenvalue weighted by molar-refractivity contribution is -0.133. The van der Waals surface area contributed by atoms with E-state index in [2.05, 4.69) is 5.32 Å². The lowest BCUT2D eigenvalue weighted by atomic mass is 9.94. The number of carbonyl (C=O) groups is 2. The van der Waals surface area contributed by atoms with Crippen molar-refractivity contribution in [1.82, 2.24) is 10.2 Å². The highest BCUT2D eigenvalue weighted by molar-refractivity contribution is 5.85. The third kappa shape index (κ3) is 7.01. The molecule has 23 heavy (non-hydrogen) atoms. The Labute approximate surface area is 144 Å². The van der Waals surface area contributed by atoms with Crippen molar-refractivity contribution >= 4 is 24.2 Å². The number of nitrogens with one attached hydrogen (secondary N) is 1. The molecule has 1 aliphatic rings. The van der Waals surface area contributed by atoms with Crippen LogP contribution < -0.4 is 11.1 Å². The Kier molecular flexibility index (Phi) is 8.66. The molecule has 6 heteroatoms. The number of primary amides is 1. The molecule has 1 aliphatic heterocycles. The van der Waals surface area contributed by atoms with Crippen LogP contribution in [0.15, 0.2) is 30.3 Å². The van der Waals surface area contributed by atoms with Crippen molar-refractivity contribution in [3.8, 4) is 0 Å². The average molecular weight is 340 g/mol. The Morgan fingerprint density at radius 1 is 1.17 bits per heavy atom. The van der Waals surface area contributed by atoms with Gasteiger partial charge in [0, 0.05) is 25.9 Å². The summed E-state index contributed by atoms with van der Waals surface area (Å²) in [6.45, 7) is 2.90. The molecule has 1 fully saturated rings. The number of hydrogen-bond donors (Lipinski definition) is 2. The Morgan fingerprint density at radius 2 is 1.83 bits per heavy atom. The van der Waals surface area contributed by atoms with Gasteiger partial charge in [-0.25, -0.2) is 0 Å². The fourth-order valence-electron chi connectivity index (χ4n) is 2.80. The standard InChI is InChI=1S/C17H25N3O2.ClH/c18-16(21)8-11-20(13-15-4-2-1-3-5-15)17(22)12-14-6-9-19-10-7-14;/h1-5,14,19H,6-13H2,(H2,18,21);1H. The quantitative estimate of drug-likeness (QED) is 0.794. The van der Waals surface area contributed by atoms with E-state index in [1.54, 1.807) is 4.90 Å². The van der Waals surface area contributed by atoms with E-state index in [1.165, 1.54) is 0 Å². The van der Waals surface area contributed by atoms with Gasteiger partial charge >= 0.3 is 0 Å². The van der Waals surface area contributed by atoms with Crippen molar-refractivity contribution in [3.63, 3.8) is 0 Å². The van der Waals surface area contributed by atoms with Gasteiger partial charge in [-0.15, -0.1) is 12.4 Å². The highest BCUT2D eigenvalue weighted by atomic mass is 35.5. The molecular formula is C17H26ClN3O2. The third-order valence-electron chi connectivity index (χ3n) is 4.12. The summed E-state index contributed by atoms with van der Waals surface area (Å²) in [5, 5.41) is 3.31. The number of amides is 2. The maximum Gasteiger partial charge on any atom is 0.223 e. The van der Waals surface area contributed by atoms with E-state index in [9.17, 15) is 9.59 Å². The van der Waals surface area contributed by atoms with E-state index in [-0.39, 0.29) is 30.6 Å². The minimum atomic E-state index is -0.368. The van der Waals surface area contributed by atoms with Gasteiger partial charge in [-0.05, 0) is 37.4 Å². The minimum absolute atomic E-state index is 0. The topological polar surface area (TPSA) is 75.4 Å². The summed E-state index contributed by atoms with van der Waals surface area (Å²) >= 11 is 0. The molecule has 0 saturated carbocycles. The molecule has 1 heterocycles. The Balaban J connectivity index is 0.00000264. The molecule has 0 bridgehead atoms. The molecule has 3 N–H and O–H groups in total. The van der Waals surface area contributed by atoms with Crippen LogP contribution in [0.3, 0.4) is 0 Å². The maximum absolute atomic E-state index is 12.6. The van der Waals surface area contributed by atoms with Crippen LogP contribution in [0.1, 0.15) is 31.2 Å². The highest BCUT2D eigenvalue weighted by Crippen LogP contribution is 2.18. The van der Waals surface area contributed by atoms with Gasteiger partial charge in [-0.2, -0.15) is 0 Å². The number of nitrogens with two attached hydrogens (primary N) is 1. The summed E-state index contributed by atoms with van der Waals surface area (Å²) in [5.41, 5.74) is 6.31. The Bertz CT molecular complexity index is 490. The molecule has 1 aromatic carbocycles. The first-order valence-corrected chi connectivity index (χ1v) is 7.96. The molecule has 0 radical (unpaired) electrons. The first kappa shape index (κ1) is 19.5. The molecule has 5 nitrogen and oxygen atoms in total. The number of rotatable bonds is 7. The lowest BCUT2D eigenvalue weighted by Crippen LogP contribution is -2.36. The molecular weight excluding hydrogens is 314 g/mol. The zero-order valence-corrected chi connectivity index (χ0v) is 14.2. The van der Waals surface area contributed by atoms with Gasteiger partial charge in [0.15, 0.2) is 0 Å². The zero-order chi connectivity index (χ0) is 15.8. The molecule has 0 unspecified atom stereocenters. The average Bonchev–Trinajstić information content (AvgIpc) is 2.53. The first-order chi connectivity index (χ1) is 10.6. The summed E-state index contributed by atoms with van der Waals surface area (Å²) in [6.07, 6.45) is 2.86. The summed E-state index contributed by atoms with van der Waals surface area (Å²) in [5.74, 6) is 0.199. The minimum Gasteiger partial charge on any atom is -0.370 e. The molecule has 0 aromatic heterocycles. The molecule has 0 atom stereocenters. The second kappa shape index (κ2) is 10.2. The Morgan fingerprint density at radius 3 is 2.43 bits per heavy atom. The summed E-state index contributed by atoms with van der Waals surface area (Å²) in [6, 6.07) is 9.86. The van der Waals surface area contributed by atoms with E-state index in [0.717, 1.165) is 31.5 Å². The molecule has 1 saturated heterocycles.